The summed E-state index contributed by atoms with van der Waals surface area (Å²) in [6.45, 7) is 0.793. The van der Waals surface area contributed by atoms with E-state index in [0.29, 0.717) is 19.6 Å². The second-order valence-electron chi connectivity index (χ2n) is 7.13. The minimum Gasteiger partial charge on any atom is -0.492 e. The van der Waals surface area contributed by atoms with Crippen LogP contribution >= 0.6 is 0 Å². The van der Waals surface area contributed by atoms with Crippen molar-refractivity contribution in [2.45, 2.75) is 13.0 Å². The summed E-state index contributed by atoms with van der Waals surface area (Å²) in [6, 6.07) is 19.7. The van der Waals surface area contributed by atoms with E-state index in [1.165, 1.54) is 0 Å². The zero-order chi connectivity index (χ0) is 19.6. The molecule has 1 amide bonds. The molecule has 0 saturated carbocycles. The summed E-state index contributed by atoms with van der Waals surface area (Å²) in [6.07, 6.45) is 4.21. The quantitative estimate of drug-likeness (QED) is 0.586. The molecule has 3 heterocycles. The fourth-order valence-electron chi connectivity index (χ4n) is 3.74. The molecule has 6 heteroatoms. The Kier molecular flexibility index (Phi) is 4.44. The van der Waals surface area contributed by atoms with E-state index in [2.05, 4.69) is 15.3 Å². The lowest BCUT2D eigenvalue weighted by molar-refractivity contribution is -0.126. The molecule has 4 aromatic rings. The van der Waals surface area contributed by atoms with Crippen LogP contribution in [0, 0.1) is 5.92 Å². The van der Waals surface area contributed by atoms with Gasteiger partial charge < -0.3 is 10.1 Å². The van der Waals surface area contributed by atoms with E-state index in [9.17, 15) is 4.79 Å². The van der Waals surface area contributed by atoms with Crippen LogP contribution in [0.2, 0.25) is 0 Å². The lowest BCUT2D eigenvalue weighted by atomic mass is 9.96. The Labute approximate surface area is 168 Å². The van der Waals surface area contributed by atoms with Gasteiger partial charge in [0.1, 0.15) is 24.5 Å². The van der Waals surface area contributed by atoms with Crippen molar-refractivity contribution in [2.75, 3.05) is 6.61 Å². The van der Waals surface area contributed by atoms with Gasteiger partial charge in [0.15, 0.2) is 0 Å². The minimum absolute atomic E-state index is 0.00945. The number of nitrogens with one attached hydrogen (secondary N) is 1. The summed E-state index contributed by atoms with van der Waals surface area (Å²) >= 11 is 0. The first-order valence-corrected chi connectivity index (χ1v) is 9.64. The van der Waals surface area contributed by atoms with E-state index in [4.69, 9.17) is 4.74 Å². The summed E-state index contributed by atoms with van der Waals surface area (Å²) in [7, 11) is 0. The molecule has 0 spiro atoms. The van der Waals surface area contributed by atoms with E-state index in [1.54, 1.807) is 12.5 Å². The van der Waals surface area contributed by atoms with E-state index in [-0.39, 0.29) is 11.8 Å². The van der Waals surface area contributed by atoms with Crippen molar-refractivity contribution in [3.05, 3.63) is 84.3 Å². The van der Waals surface area contributed by atoms with Gasteiger partial charge in [-0.15, -0.1) is 0 Å². The molecule has 2 aromatic carbocycles. The number of fused-ring (bicyclic) bond motifs is 2. The van der Waals surface area contributed by atoms with Crippen LogP contribution in [0.25, 0.3) is 16.9 Å². The van der Waals surface area contributed by atoms with Crippen molar-refractivity contribution < 1.29 is 9.53 Å². The summed E-state index contributed by atoms with van der Waals surface area (Å²) in [5.41, 5.74) is 3.90. The zero-order valence-electron chi connectivity index (χ0n) is 15.8. The van der Waals surface area contributed by atoms with Crippen LogP contribution in [-0.2, 0) is 17.8 Å². The monoisotopic (exact) mass is 384 g/mol. The van der Waals surface area contributed by atoms with Crippen LogP contribution in [-0.4, -0.2) is 27.0 Å². The van der Waals surface area contributed by atoms with Crippen LogP contribution in [0.3, 0.4) is 0 Å². The van der Waals surface area contributed by atoms with Crippen LogP contribution in [0.1, 0.15) is 11.1 Å². The van der Waals surface area contributed by atoms with E-state index >= 15 is 0 Å². The van der Waals surface area contributed by atoms with Gasteiger partial charge in [0.25, 0.3) is 0 Å². The average Bonchev–Trinajstić information content (AvgIpc) is 3.21. The summed E-state index contributed by atoms with van der Waals surface area (Å²) < 4.78 is 7.71. The number of para-hydroxylation sites is 3. The van der Waals surface area contributed by atoms with Crippen molar-refractivity contribution in [3.8, 4) is 11.6 Å². The molecular formula is C23H20N4O2. The number of aromatic nitrogens is 3. The van der Waals surface area contributed by atoms with Crippen molar-refractivity contribution in [1.29, 1.82) is 0 Å². The minimum atomic E-state index is -0.195. The maximum absolute atomic E-state index is 12.8. The third-order valence-electron chi connectivity index (χ3n) is 5.25. The third-order valence-corrected chi connectivity index (χ3v) is 5.25. The number of imidazole rings is 1. The molecule has 2 aromatic heterocycles. The first-order chi connectivity index (χ1) is 14.3. The van der Waals surface area contributed by atoms with Gasteiger partial charge in [0.05, 0.1) is 17.0 Å². The predicted octanol–water partition coefficient (Wildman–Crippen LogP) is 3.29. The molecule has 6 nitrogen and oxygen atoms in total. The molecule has 144 valence electrons. The molecule has 29 heavy (non-hydrogen) atoms. The van der Waals surface area contributed by atoms with Gasteiger partial charge in [0, 0.05) is 18.3 Å². The Morgan fingerprint density at radius 3 is 2.90 bits per heavy atom. The average molecular weight is 384 g/mol. The van der Waals surface area contributed by atoms with Crippen LogP contribution in [0.15, 0.2) is 73.2 Å². The highest BCUT2D eigenvalue weighted by atomic mass is 16.5. The molecule has 0 radical (unpaired) electrons. The number of carbonyl (C=O) groups excluding carboxylic acids is 1. The molecule has 0 aliphatic carbocycles. The van der Waals surface area contributed by atoms with Gasteiger partial charge in [0.2, 0.25) is 5.91 Å². The smallest absolute Gasteiger partial charge is 0.227 e. The highest BCUT2D eigenvalue weighted by Crippen LogP contribution is 2.27. The molecule has 0 fully saturated rings. The van der Waals surface area contributed by atoms with E-state index in [0.717, 1.165) is 33.7 Å². The van der Waals surface area contributed by atoms with Gasteiger partial charge in [-0.1, -0.05) is 36.4 Å². The summed E-state index contributed by atoms with van der Waals surface area (Å²) in [5, 5.41) is 3.06. The molecule has 1 atom stereocenters. The van der Waals surface area contributed by atoms with Crippen molar-refractivity contribution in [1.82, 2.24) is 19.9 Å². The van der Waals surface area contributed by atoms with Gasteiger partial charge in [-0.2, -0.15) is 0 Å². The number of carbonyl (C=O) groups is 1. The number of amides is 1. The topological polar surface area (TPSA) is 69.0 Å². The van der Waals surface area contributed by atoms with E-state index in [1.807, 2.05) is 65.2 Å². The standard InChI is InChI=1S/C23H20N4O2/c28-23(18-12-16-6-1-4-10-21(16)29-14-18)25-13-17-7-5-11-24-22(17)27-15-26-19-8-2-3-9-20(19)27/h1-11,15,18H,12-14H2,(H,25,28)/t18-/m0/s1. The zero-order valence-corrected chi connectivity index (χ0v) is 15.8. The van der Waals surface area contributed by atoms with Crippen molar-refractivity contribution in [3.63, 3.8) is 0 Å². The van der Waals surface area contributed by atoms with Gasteiger partial charge in [-0.25, -0.2) is 9.97 Å². The van der Waals surface area contributed by atoms with E-state index < -0.39 is 0 Å². The number of hydrogen-bond acceptors (Lipinski definition) is 4. The molecule has 0 unspecified atom stereocenters. The SMILES string of the molecule is O=C(NCc1cccnc1-n1cnc2ccccc21)[C@@H]1COc2ccccc2C1. The number of rotatable bonds is 4. The normalized spacial score (nSPS) is 15.5. The number of hydrogen-bond donors (Lipinski definition) is 1. The Hall–Kier alpha value is -3.67. The lowest BCUT2D eigenvalue weighted by Crippen LogP contribution is -2.37. The second-order valence-corrected chi connectivity index (χ2v) is 7.13. The van der Waals surface area contributed by atoms with Gasteiger partial charge in [-0.3, -0.25) is 9.36 Å². The Bertz CT molecular complexity index is 1180. The maximum Gasteiger partial charge on any atom is 0.227 e. The second kappa shape index (κ2) is 7.39. The number of pyridine rings is 1. The molecule has 1 N–H and O–H groups in total. The Morgan fingerprint density at radius 1 is 1.07 bits per heavy atom. The van der Waals surface area contributed by atoms with Crippen LogP contribution < -0.4 is 10.1 Å². The molecule has 0 saturated heterocycles. The van der Waals surface area contributed by atoms with Gasteiger partial charge in [-0.05, 0) is 36.2 Å². The van der Waals surface area contributed by atoms with Crippen LogP contribution in [0.4, 0.5) is 0 Å². The molecule has 5 rings (SSSR count). The third kappa shape index (κ3) is 3.33. The largest absolute Gasteiger partial charge is 0.492 e. The predicted molar refractivity (Wildman–Crippen MR) is 110 cm³/mol. The number of ether oxygens (including phenoxy) is 1. The first-order valence-electron chi connectivity index (χ1n) is 9.64. The van der Waals surface area contributed by atoms with Crippen molar-refractivity contribution in [2.24, 2.45) is 5.92 Å². The molecule has 1 aliphatic heterocycles. The number of nitrogens with zero attached hydrogens (tertiary/aromatic N) is 3. The Morgan fingerprint density at radius 2 is 1.93 bits per heavy atom. The Balaban J connectivity index is 1.34. The summed E-state index contributed by atoms with van der Waals surface area (Å²) in [4.78, 5) is 21.7. The fraction of sp³-hybridized carbons (Fsp3) is 0.174. The highest BCUT2D eigenvalue weighted by molar-refractivity contribution is 5.80. The molecule has 1 aliphatic rings. The fourth-order valence-corrected chi connectivity index (χ4v) is 3.74. The van der Waals surface area contributed by atoms with Crippen molar-refractivity contribution >= 4 is 16.9 Å². The lowest BCUT2D eigenvalue weighted by Gasteiger charge is -2.24. The number of benzene rings is 2. The maximum atomic E-state index is 12.8. The molecule has 0 bridgehead atoms. The molecular weight excluding hydrogens is 364 g/mol. The van der Waals surface area contributed by atoms with Crippen LogP contribution in [0.5, 0.6) is 5.75 Å². The summed E-state index contributed by atoms with van der Waals surface area (Å²) in [5.74, 6) is 1.44. The first kappa shape index (κ1) is 17.4. The highest BCUT2D eigenvalue weighted by Gasteiger charge is 2.25. The van der Waals surface area contributed by atoms with Gasteiger partial charge >= 0.3 is 0 Å².